The number of aromatic nitrogens is 5. The zero-order valence-electron chi connectivity index (χ0n) is 22.2. The molecule has 4 aromatic rings. The molecule has 2 saturated carbocycles. The molecule has 4 heterocycles. The topological polar surface area (TPSA) is 133 Å². The number of fused-ring (bicyclic) bond motifs is 3. The number of hydrogen-bond acceptors (Lipinski definition) is 10. The van der Waals surface area contributed by atoms with Crippen molar-refractivity contribution in [3.05, 3.63) is 29.5 Å². The van der Waals surface area contributed by atoms with Gasteiger partial charge in [-0.1, -0.05) is 17.4 Å². The quantitative estimate of drug-likeness (QED) is 0.322. The lowest BCUT2D eigenvalue weighted by molar-refractivity contribution is 0.150. The number of halogens is 2. The molecule has 3 fully saturated rings. The number of nitrogens with one attached hydrogen (secondary N) is 1. The van der Waals surface area contributed by atoms with Gasteiger partial charge in [0.1, 0.15) is 17.7 Å². The maximum Gasteiger partial charge on any atom is 0.291 e. The second kappa shape index (κ2) is 9.62. The van der Waals surface area contributed by atoms with E-state index in [4.69, 9.17) is 0 Å². The smallest absolute Gasteiger partial charge is 0.291 e. The summed E-state index contributed by atoms with van der Waals surface area (Å²) in [7, 11) is -4.04. The van der Waals surface area contributed by atoms with Crippen LogP contribution in [0.5, 0.6) is 0 Å². The number of sulfonamides is 1. The van der Waals surface area contributed by atoms with Crippen LogP contribution in [0.15, 0.2) is 29.4 Å². The Bertz CT molecular complexity index is 1810. The van der Waals surface area contributed by atoms with E-state index in [0.717, 1.165) is 43.4 Å². The summed E-state index contributed by atoms with van der Waals surface area (Å²) < 4.78 is 57.6. The molecule has 15 heteroatoms. The van der Waals surface area contributed by atoms with Crippen LogP contribution in [0, 0.1) is 17.2 Å². The van der Waals surface area contributed by atoms with Crippen molar-refractivity contribution in [2.45, 2.75) is 55.5 Å². The molecular weight excluding hydrogens is 572 g/mol. The molecule has 0 amide bonds. The fourth-order valence-corrected chi connectivity index (χ4v) is 7.69. The third-order valence-electron chi connectivity index (χ3n) is 8.16. The highest BCUT2D eigenvalue weighted by Gasteiger charge is 2.47. The van der Waals surface area contributed by atoms with Gasteiger partial charge in [-0.25, -0.2) is 27.2 Å². The number of hydrogen-bond donors (Lipinski definition) is 1. The van der Waals surface area contributed by atoms with E-state index in [-0.39, 0.29) is 10.0 Å². The minimum atomic E-state index is -4.04. The molecule has 1 N–H and O–H groups in total. The Kier molecular flexibility index (Phi) is 6.23. The van der Waals surface area contributed by atoms with Crippen LogP contribution >= 0.6 is 11.3 Å². The van der Waals surface area contributed by atoms with Gasteiger partial charge in [0.05, 0.1) is 21.9 Å². The van der Waals surface area contributed by atoms with Crippen molar-refractivity contribution in [2.75, 3.05) is 31.1 Å². The predicted molar refractivity (Wildman–Crippen MR) is 149 cm³/mol. The number of nitrogens with zero attached hydrogens (tertiary/aromatic N) is 8. The van der Waals surface area contributed by atoms with Crippen molar-refractivity contribution >= 4 is 49.1 Å². The van der Waals surface area contributed by atoms with Crippen LogP contribution in [0.25, 0.3) is 27.1 Å². The van der Waals surface area contributed by atoms with Crippen molar-refractivity contribution in [2.24, 2.45) is 5.92 Å². The molecule has 3 aliphatic rings. The van der Waals surface area contributed by atoms with Crippen LogP contribution < -0.4 is 9.62 Å². The molecule has 1 aliphatic heterocycles. The van der Waals surface area contributed by atoms with Crippen LogP contribution in [-0.2, 0) is 10.0 Å². The highest BCUT2D eigenvalue weighted by Crippen LogP contribution is 2.40. The van der Waals surface area contributed by atoms with Gasteiger partial charge in [0.15, 0.2) is 10.7 Å². The number of anilines is 1. The minimum absolute atomic E-state index is 0.0500. The summed E-state index contributed by atoms with van der Waals surface area (Å²) >= 11 is 0.721. The van der Waals surface area contributed by atoms with Gasteiger partial charge in [0.2, 0.25) is 15.2 Å². The Morgan fingerprint density at radius 3 is 2.68 bits per heavy atom. The minimum Gasteiger partial charge on any atom is -0.353 e. The van der Waals surface area contributed by atoms with Crippen molar-refractivity contribution in [1.29, 1.82) is 5.26 Å². The van der Waals surface area contributed by atoms with Gasteiger partial charge in [-0.05, 0) is 50.7 Å². The second-order valence-corrected chi connectivity index (χ2v) is 13.8. The van der Waals surface area contributed by atoms with Crippen molar-refractivity contribution < 1.29 is 17.2 Å². The first-order valence-electron chi connectivity index (χ1n) is 13.5. The van der Waals surface area contributed by atoms with E-state index in [1.165, 1.54) is 31.3 Å². The summed E-state index contributed by atoms with van der Waals surface area (Å²) in [5.41, 5.74) is -0.250. The summed E-state index contributed by atoms with van der Waals surface area (Å²) in [6, 6.07) is 7.00. The molecule has 0 radical (unpaired) electrons. The fourth-order valence-electron chi connectivity index (χ4n) is 5.57. The molecule has 1 aromatic carbocycles. The Labute approximate surface area is 238 Å². The summed E-state index contributed by atoms with van der Waals surface area (Å²) in [6.07, 6.45) is 2.11. The lowest BCUT2D eigenvalue weighted by Crippen LogP contribution is -2.52. The lowest BCUT2D eigenvalue weighted by Gasteiger charge is -2.40. The Morgan fingerprint density at radius 2 is 2.02 bits per heavy atom. The van der Waals surface area contributed by atoms with E-state index in [2.05, 4.69) is 41.6 Å². The summed E-state index contributed by atoms with van der Waals surface area (Å²) in [6.45, 7) is 5.73. The number of rotatable bonds is 8. The molecule has 11 nitrogen and oxygen atoms in total. The third-order valence-corrected chi connectivity index (χ3v) is 10.6. The summed E-state index contributed by atoms with van der Waals surface area (Å²) in [5, 5.41) is 18.2. The molecule has 214 valence electrons. The highest BCUT2D eigenvalue weighted by atomic mass is 32.2. The monoisotopic (exact) mass is 599 g/mol. The fraction of sp³-hybridized carbons (Fsp3) is 0.500. The van der Waals surface area contributed by atoms with Gasteiger partial charge in [-0.15, -0.1) is 10.2 Å². The van der Waals surface area contributed by atoms with Crippen LogP contribution in [0.4, 0.5) is 14.6 Å². The van der Waals surface area contributed by atoms with Crippen molar-refractivity contribution in [3.63, 3.8) is 0 Å². The van der Waals surface area contributed by atoms with Crippen LogP contribution in [-0.4, -0.2) is 75.8 Å². The summed E-state index contributed by atoms with van der Waals surface area (Å²) in [4.78, 5) is 13.9. The average Bonchev–Trinajstić information content (AvgIpc) is 3.85. The molecule has 0 bridgehead atoms. The number of benzene rings is 1. The van der Waals surface area contributed by atoms with E-state index in [1.807, 2.05) is 6.07 Å². The molecule has 2 aliphatic carbocycles. The molecule has 1 unspecified atom stereocenters. The van der Waals surface area contributed by atoms with Crippen LogP contribution in [0.2, 0.25) is 0 Å². The first-order valence-corrected chi connectivity index (χ1v) is 15.8. The van der Waals surface area contributed by atoms with Gasteiger partial charge in [0, 0.05) is 37.6 Å². The lowest BCUT2D eigenvalue weighted by atomic mass is 10.1. The number of alkyl halides is 2. The summed E-state index contributed by atoms with van der Waals surface area (Å²) in [5.74, 6) is 1.49. The maximum absolute atomic E-state index is 13.5. The molecule has 41 heavy (non-hydrogen) atoms. The van der Waals surface area contributed by atoms with Crippen LogP contribution in [0.1, 0.15) is 44.0 Å². The Hall–Kier alpha value is -3.32. The molecule has 7 rings (SSSR count). The standard InChI is InChI=1S/C26H27F2N9O2S2/c1-15-11-36(9-8-35(15)12-16-2-3-16)22-20-18-5-4-17(41(38,39)34-26(13-29)6-7-26)10-19(18)37(23(20)31-14-30-22)25-33-32-24(40-25)21(27)28/h4-5,10,14-16,21,34H,2-3,6-9,11-12H2,1H3. The maximum atomic E-state index is 13.5. The van der Waals surface area contributed by atoms with Crippen molar-refractivity contribution in [3.8, 4) is 11.2 Å². The Balaban J connectivity index is 1.36. The van der Waals surface area contributed by atoms with Gasteiger partial charge in [-0.3, -0.25) is 9.47 Å². The zero-order valence-corrected chi connectivity index (χ0v) is 23.8. The van der Waals surface area contributed by atoms with Gasteiger partial charge in [-0.2, -0.15) is 9.98 Å². The normalized spacial score (nSPS) is 21.1. The Morgan fingerprint density at radius 1 is 1.22 bits per heavy atom. The largest absolute Gasteiger partial charge is 0.353 e. The van der Waals surface area contributed by atoms with Crippen molar-refractivity contribution in [1.82, 2.24) is 34.4 Å². The van der Waals surface area contributed by atoms with E-state index >= 15 is 0 Å². The molecule has 3 aromatic heterocycles. The second-order valence-electron chi connectivity index (χ2n) is 11.2. The zero-order chi connectivity index (χ0) is 28.5. The molecule has 0 spiro atoms. The molecule has 1 atom stereocenters. The van der Waals surface area contributed by atoms with E-state index in [0.29, 0.717) is 46.6 Å². The van der Waals surface area contributed by atoms with Gasteiger partial charge in [0.25, 0.3) is 6.43 Å². The highest BCUT2D eigenvalue weighted by molar-refractivity contribution is 7.89. The van der Waals surface area contributed by atoms with E-state index in [1.54, 1.807) is 10.6 Å². The molecule has 1 saturated heterocycles. The average molecular weight is 600 g/mol. The van der Waals surface area contributed by atoms with Crippen LogP contribution in [0.3, 0.4) is 0 Å². The van der Waals surface area contributed by atoms with Gasteiger partial charge >= 0.3 is 0 Å². The predicted octanol–water partition coefficient (Wildman–Crippen LogP) is 3.62. The first kappa shape index (κ1) is 26.6. The number of nitriles is 1. The third kappa shape index (κ3) is 4.72. The molecular formula is C26H27F2N9O2S2. The number of piperazine rings is 1. The van der Waals surface area contributed by atoms with E-state index < -0.39 is 27.0 Å². The SMILES string of the molecule is CC1CN(c2ncnc3c2c2ccc(S(=O)(=O)NC4(C#N)CC4)cc2n3-c2nnc(C(F)F)s2)CCN1CC1CC1. The van der Waals surface area contributed by atoms with Gasteiger partial charge < -0.3 is 4.90 Å². The van der Waals surface area contributed by atoms with E-state index in [9.17, 15) is 22.5 Å². The first-order chi connectivity index (χ1) is 19.7.